The molecule has 7 aromatic carbocycles. The van der Waals surface area contributed by atoms with Crippen molar-refractivity contribution in [3.05, 3.63) is 169 Å². The zero-order valence-corrected chi connectivity index (χ0v) is 29.2. The van der Waals surface area contributed by atoms with Gasteiger partial charge in [0.2, 0.25) is 0 Å². The van der Waals surface area contributed by atoms with Crippen molar-refractivity contribution in [3.63, 3.8) is 0 Å². The lowest BCUT2D eigenvalue weighted by Gasteiger charge is -2.24. The Hall–Kier alpha value is -6.85. The van der Waals surface area contributed by atoms with Gasteiger partial charge in [-0.1, -0.05) is 147 Å². The number of aromatic nitrogens is 4. The smallest absolute Gasteiger partial charge is 0.164 e. The van der Waals surface area contributed by atoms with Crippen molar-refractivity contribution in [3.8, 4) is 51.0 Å². The molecular formula is C48H32N4O. The molecule has 0 radical (unpaired) electrons. The third kappa shape index (κ3) is 4.34. The first kappa shape index (κ1) is 29.8. The molecule has 0 aliphatic heterocycles. The molecule has 250 valence electrons. The van der Waals surface area contributed by atoms with E-state index in [1.54, 1.807) is 0 Å². The van der Waals surface area contributed by atoms with E-state index < -0.39 is 0 Å². The molecule has 3 aromatic heterocycles. The average Bonchev–Trinajstić information content (AvgIpc) is 3.83. The van der Waals surface area contributed by atoms with E-state index in [9.17, 15) is 0 Å². The van der Waals surface area contributed by atoms with Gasteiger partial charge in [0.1, 0.15) is 11.2 Å². The molecule has 0 saturated carbocycles. The Morgan fingerprint density at radius 3 is 1.83 bits per heavy atom. The van der Waals surface area contributed by atoms with Crippen LogP contribution in [-0.2, 0) is 5.41 Å². The maximum absolute atomic E-state index is 6.71. The molecular weight excluding hydrogens is 649 g/mol. The van der Waals surface area contributed by atoms with Crippen LogP contribution in [0.1, 0.15) is 25.0 Å². The Labute approximate surface area is 305 Å². The highest BCUT2D eigenvalue weighted by Gasteiger charge is 2.38. The molecule has 1 aliphatic rings. The number of rotatable bonds is 4. The van der Waals surface area contributed by atoms with E-state index in [1.165, 1.54) is 38.5 Å². The van der Waals surface area contributed by atoms with Crippen molar-refractivity contribution in [1.29, 1.82) is 0 Å². The molecule has 0 N–H and O–H groups in total. The Morgan fingerprint density at radius 2 is 1.09 bits per heavy atom. The van der Waals surface area contributed by atoms with Crippen LogP contribution in [0.4, 0.5) is 0 Å². The zero-order chi connectivity index (χ0) is 35.3. The molecule has 0 saturated heterocycles. The number of benzene rings is 7. The monoisotopic (exact) mass is 680 g/mol. The number of hydrogen-bond acceptors (Lipinski definition) is 4. The highest BCUT2D eigenvalue weighted by Crippen LogP contribution is 2.53. The minimum atomic E-state index is -0.226. The number of furan rings is 1. The first-order chi connectivity index (χ1) is 26.0. The van der Waals surface area contributed by atoms with Crippen LogP contribution in [0.2, 0.25) is 0 Å². The lowest BCUT2D eigenvalue weighted by molar-refractivity contribution is 0.664. The maximum atomic E-state index is 6.71. The molecule has 0 spiro atoms. The minimum Gasteiger partial charge on any atom is -0.456 e. The van der Waals surface area contributed by atoms with E-state index in [1.807, 2.05) is 72.8 Å². The zero-order valence-electron chi connectivity index (χ0n) is 29.2. The summed E-state index contributed by atoms with van der Waals surface area (Å²) in [5.41, 5.74) is 12.7. The van der Waals surface area contributed by atoms with Gasteiger partial charge in [0.15, 0.2) is 17.5 Å². The summed E-state index contributed by atoms with van der Waals surface area (Å²) in [4.78, 5) is 15.3. The van der Waals surface area contributed by atoms with Crippen molar-refractivity contribution in [1.82, 2.24) is 19.5 Å². The first-order valence-electron chi connectivity index (χ1n) is 18.0. The van der Waals surface area contributed by atoms with E-state index in [0.29, 0.717) is 17.5 Å². The van der Waals surface area contributed by atoms with Crippen molar-refractivity contribution in [2.75, 3.05) is 0 Å². The molecule has 3 heterocycles. The summed E-state index contributed by atoms with van der Waals surface area (Å²) in [6.07, 6.45) is 0. The predicted octanol–water partition coefficient (Wildman–Crippen LogP) is 12.2. The van der Waals surface area contributed by atoms with Gasteiger partial charge in [-0.15, -0.1) is 0 Å². The van der Waals surface area contributed by atoms with E-state index in [2.05, 4.69) is 103 Å². The SMILES string of the molecule is CC1(C)c2ccccc2-c2ccc3c4ccccc4n(-c4cc(-c5nc(-c6ccccc6)nc(-c6ccccc6)n5)cc5oc6ccccc6c45)c3c21. The highest BCUT2D eigenvalue weighted by molar-refractivity contribution is 6.17. The summed E-state index contributed by atoms with van der Waals surface area (Å²) in [5, 5.41) is 4.56. The summed E-state index contributed by atoms with van der Waals surface area (Å²) in [5.74, 6) is 1.82. The van der Waals surface area contributed by atoms with E-state index in [0.717, 1.165) is 49.8 Å². The van der Waals surface area contributed by atoms with Gasteiger partial charge >= 0.3 is 0 Å². The third-order valence-corrected chi connectivity index (χ3v) is 11.0. The molecule has 53 heavy (non-hydrogen) atoms. The van der Waals surface area contributed by atoms with Gasteiger partial charge in [-0.25, -0.2) is 15.0 Å². The lowest BCUT2D eigenvalue weighted by Crippen LogP contribution is -2.16. The first-order valence-corrected chi connectivity index (χ1v) is 18.0. The second-order valence-corrected chi connectivity index (χ2v) is 14.4. The normalized spacial score (nSPS) is 13.2. The largest absolute Gasteiger partial charge is 0.456 e. The second kappa shape index (κ2) is 11.1. The van der Waals surface area contributed by atoms with Gasteiger partial charge in [-0.3, -0.25) is 0 Å². The van der Waals surface area contributed by atoms with Crippen LogP contribution in [0.5, 0.6) is 0 Å². The Morgan fingerprint density at radius 1 is 0.491 bits per heavy atom. The van der Waals surface area contributed by atoms with Gasteiger partial charge < -0.3 is 8.98 Å². The van der Waals surface area contributed by atoms with Crippen LogP contribution < -0.4 is 0 Å². The number of nitrogens with zero attached hydrogens (tertiary/aromatic N) is 4. The number of fused-ring (bicyclic) bond motifs is 10. The van der Waals surface area contributed by atoms with Gasteiger partial charge in [-0.05, 0) is 46.5 Å². The van der Waals surface area contributed by atoms with Crippen molar-refractivity contribution >= 4 is 43.7 Å². The fraction of sp³-hybridized carbons (Fsp3) is 0.0625. The molecule has 0 amide bonds. The average molecular weight is 681 g/mol. The van der Waals surface area contributed by atoms with Gasteiger partial charge in [0, 0.05) is 38.3 Å². The quantitative estimate of drug-likeness (QED) is 0.186. The van der Waals surface area contributed by atoms with Crippen molar-refractivity contribution in [2.24, 2.45) is 0 Å². The Bertz CT molecular complexity index is 3020. The standard InChI is InChI=1S/C48H32N4O/c1-48(2)37-22-12-9-19-32(37)34-25-26-35-33-20-10-13-23-38(33)52(44(35)43(34)48)39-27-31(28-41-42(39)36-21-11-14-24-40(36)53-41)47-50-45(29-15-5-3-6-16-29)49-46(51-47)30-17-7-4-8-18-30/h3-28H,1-2H3. The minimum absolute atomic E-state index is 0.226. The molecule has 1 aliphatic carbocycles. The second-order valence-electron chi connectivity index (χ2n) is 14.4. The lowest BCUT2D eigenvalue weighted by atomic mass is 9.81. The third-order valence-electron chi connectivity index (χ3n) is 11.0. The fourth-order valence-corrected chi connectivity index (χ4v) is 8.64. The molecule has 5 nitrogen and oxygen atoms in total. The van der Waals surface area contributed by atoms with Crippen LogP contribution in [-0.4, -0.2) is 19.5 Å². The molecule has 0 atom stereocenters. The molecule has 10 aromatic rings. The molecule has 5 heteroatoms. The molecule has 11 rings (SSSR count). The van der Waals surface area contributed by atoms with Crippen molar-refractivity contribution < 1.29 is 4.42 Å². The van der Waals surface area contributed by atoms with Gasteiger partial charge in [-0.2, -0.15) is 0 Å². The number of para-hydroxylation sites is 2. The van der Waals surface area contributed by atoms with Crippen LogP contribution in [0.3, 0.4) is 0 Å². The van der Waals surface area contributed by atoms with Crippen LogP contribution >= 0.6 is 0 Å². The van der Waals surface area contributed by atoms with E-state index >= 15 is 0 Å². The molecule has 0 fully saturated rings. The van der Waals surface area contributed by atoms with Crippen LogP contribution in [0.25, 0.3) is 94.7 Å². The van der Waals surface area contributed by atoms with Gasteiger partial charge in [0.05, 0.1) is 22.1 Å². The van der Waals surface area contributed by atoms with Gasteiger partial charge in [0.25, 0.3) is 0 Å². The van der Waals surface area contributed by atoms with E-state index in [-0.39, 0.29) is 5.41 Å². The molecule has 0 bridgehead atoms. The summed E-state index contributed by atoms with van der Waals surface area (Å²) in [6, 6.07) is 55.2. The van der Waals surface area contributed by atoms with E-state index in [4.69, 9.17) is 19.4 Å². The Kier molecular flexibility index (Phi) is 6.23. The highest BCUT2D eigenvalue weighted by atomic mass is 16.3. The Balaban J connectivity index is 1.27. The topological polar surface area (TPSA) is 56.7 Å². The maximum Gasteiger partial charge on any atom is 0.164 e. The van der Waals surface area contributed by atoms with Crippen LogP contribution in [0.15, 0.2) is 162 Å². The summed E-state index contributed by atoms with van der Waals surface area (Å²) < 4.78 is 9.18. The molecule has 0 unspecified atom stereocenters. The summed E-state index contributed by atoms with van der Waals surface area (Å²) in [7, 11) is 0. The van der Waals surface area contributed by atoms with Crippen molar-refractivity contribution in [2.45, 2.75) is 19.3 Å². The fourth-order valence-electron chi connectivity index (χ4n) is 8.64. The number of hydrogen-bond donors (Lipinski definition) is 0. The predicted molar refractivity (Wildman–Crippen MR) is 215 cm³/mol. The van der Waals surface area contributed by atoms with Crippen LogP contribution in [0, 0.1) is 0 Å². The summed E-state index contributed by atoms with van der Waals surface area (Å²) in [6.45, 7) is 4.72. The summed E-state index contributed by atoms with van der Waals surface area (Å²) >= 11 is 0.